The third kappa shape index (κ3) is 3.22. The Bertz CT molecular complexity index is 693. The highest BCUT2D eigenvalue weighted by Gasteiger charge is 2.72. The van der Waals surface area contributed by atoms with Crippen molar-refractivity contribution in [1.29, 1.82) is 0 Å². The highest BCUT2D eigenvalue weighted by Crippen LogP contribution is 2.52. The first-order chi connectivity index (χ1) is 13.9. The van der Waals surface area contributed by atoms with E-state index < -0.39 is 84.5 Å². The summed E-state index contributed by atoms with van der Waals surface area (Å²) in [6, 6.07) is 0. The number of hydrogen-bond donors (Lipinski definition) is 8. The van der Waals surface area contributed by atoms with Gasteiger partial charge >= 0.3 is 5.97 Å². The molecule has 0 aromatic heterocycles. The summed E-state index contributed by atoms with van der Waals surface area (Å²) in [6.07, 6.45) is -13.3. The van der Waals surface area contributed by atoms with Gasteiger partial charge in [0.25, 0.3) is 0 Å². The Morgan fingerprint density at radius 3 is 2.27 bits per heavy atom. The van der Waals surface area contributed by atoms with Gasteiger partial charge in [-0.05, 0) is 6.92 Å². The molecule has 0 spiro atoms. The summed E-state index contributed by atoms with van der Waals surface area (Å²) in [7, 11) is 1.01. The minimum Gasteiger partial charge on any atom is -0.471 e. The number of fused-ring (bicyclic) bond motifs is 1. The van der Waals surface area contributed by atoms with Gasteiger partial charge in [-0.25, -0.2) is 4.79 Å². The maximum absolute atomic E-state index is 12.1. The summed E-state index contributed by atoms with van der Waals surface area (Å²) < 4.78 is 20.5. The molecule has 8 N–H and O–H groups in total. The zero-order valence-corrected chi connectivity index (χ0v) is 16.1. The van der Waals surface area contributed by atoms with E-state index in [9.17, 15) is 45.6 Å². The van der Waals surface area contributed by atoms with Crippen LogP contribution < -0.4 is 0 Å². The Morgan fingerprint density at radius 1 is 1.07 bits per heavy atom. The predicted octanol–water partition coefficient (Wildman–Crippen LogP) is -4.95. The number of aliphatic hydroxyl groups excluding tert-OH is 6. The van der Waals surface area contributed by atoms with E-state index in [4.69, 9.17) is 14.2 Å². The quantitative estimate of drug-likeness (QED) is 0.193. The molecule has 2 fully saturated rings. The van der Waals surface area contributed by atoms with Crippen molar-refractivity contribution in [1.82, 2.24) is 0 Å². The van der Waals surface area contributed by atoms with Gasteiger partial charge in [0.05, 0.1) is 19.6 Å². The average molecular weight is 438 g/mol. The van der Waals surface area contributed by atoms with Gasteiger partial charge < -0.3 is 59.8 Å². The van der Waals surface area contributed by atoms with E-state index in [0.717, 1.165) is 14.0 Å². The number of ether oxygens (including phenoxy) is 4. The van der Waals surface area contributed by atoms with Crippen molar-refractivity contribution in [3.05, 3.63) is 11.8 Å². The van der Waals surface area contributed by atoms with Crippen molar-refractivity contribution < 1.29 is 64.6 Å². The summed E-state index contributed by atoms with van der Waals surface area (Å²) in [5, 5.41) is 81.9. The van der Waals surface area contributed by atoms with E-state index in [1.54, 1.807) is 0 Å². The standard InChI is InChI=1S/C17H26O13/c1-16(25)10-15(30-14-9(21)8(20)7(19)6(3-18)29-14)28-4-5(13(24)27-2)17(10,26)12(23)11(16)22/h4,6-12,14-15,18-23,25-26H,3H2,1-2H3/t6?,7?,8?,9?,10-,11-,12+,14?,15-,16+,17-/m0/s1. The number of carbonyl (C=O) groups is 1. The van der Waals surface area contributed by atoms with E-state index in [1.807, 2.05) is 0 Å². The Kier molecular flexibility index (Phi) is 6.16. The molecule has 0 bridgehead atoms. The molecule has 2 aliphatic heterocycles. The van der Waals surface area contributed by atoms with Gasteiger partial charge in [-0.15, -0.1) is 0 Å². The molecule has 172 valence electrons. The number of carbonyl (C=O) groups excluding carboxylic acids is 1. The molecular formula is C17H26O13. The third-order valence-electron chi connectivity index (χ3n) is 6.00. The molecule has 1 saturated carbocycles. The van der Waals surface area contributed by atoms with Crippen molar-refractivity contribution in [2.45, 2.75) is 67.3 Å². The number of rotatable bonds is 4. The van der Waals surface area contributed by atoms with E-state index >= 15 is 0 Å². The highest BCUT2D eigenvalue weighted by molar-refractivity contribution is 5.91. The van der Waals surface area contributed by atoms with Crippen molar-refractivity contribution in [3.8, 4) is 0 Å². The zero-order chi connectivity index (χ0) is 22.6. The number of hydrogen-bond acceptors (Lipinski definition) is 13. The second kappa shape index (κ2) is 7.94. The van der Waals surface area contributed by atoms with Gasteiger partial charge in [0.1, 0.15) is 59.7 Å². The van der Waals surface area contributed by atoms with E-state index in [1.165, 1.54) is 0 Å². The minimum absolute atomic E-state index is 0.590. The SMILES string of the molecule is COC(=O)C1=CO[C@@H](OC2OC(CO)C(O)C(O)C2O)[C@H]2[C@@](C)(O)[C@@H](O)[C@@H](O)[C@]12O. The predicted molar refractivity (Wildman–Crippen MR) is 90.9 cm³/mol. The Morgan fingerprint density at radius 2 is 1.70 bits per heavy atom. The fourth-order valence-corrected chi connectivity index (χ4v) is 4.24. The first-order valence-electron chi connectivity index (χ1n) is 9.14. The van der Waals surface area contributed by atoms with Crippen molar-refractivity contribution in [2.75, 3.05) is 13.7 Å². The van der Waals surface area contributed by atoms with Crippen LogP contribution in [0.25, 0.3) is 0 Å². The lowest BCUT2D eigenvalue weighted by atomic mass is 9.76. The molecule has 2 heterocycles. The Hall–Kier alpha value is -1.39. The van der Waals surface area contributed by atoms with Crippen LogP contribution in [-0.2, 0) is 23.7 Å². The van der Waals surface area contributed by atoms with Crippen LogP contribution in [0.1, 0.15) is 6.92 Å². The molecule has 1 saturated heterocycles. The number of methoxy groups -OCH3 is 1. The van der Waals surface area contributed by atoms with Crippen LogP contribution in [-0.4, -0.2) is 121 Å². The molecule has 3 aliphatic rings. The largest absolute Gasteiger partial charge is 0.471 e. The molecule has 30 heavy (non-hydrogen) atoms. The summed E-state index contributed by atoms with van der Waals surface area (Å²) in [5.74, 6) is -2.79. The van der Waals surface area contributed by atoms with Gasteiger partial charge in [-0.2, -0.15) is 0 Å². The molecule has 0 radical (unpaired) electrons. The topological polar surface area (TPSA) is 216 Å². The molecule has 0 amide bonds. The van der Waals surface area contributed by atoms with E-state index in [-0.39, 0.29) is 0 Å². The molecular weight excluding hydrogens is 412 g/mol. The molecule has 11 atom stereocenters. The maximum atomic E-state index is 12.1. The smallest absolute Gasteiger partial charge is 0.339 e. The summed E-state index contributed by atoms with van der Waals surface area (Å²) in [4.78, 5) is 12.1. The lowest BCUT2D eigenvalue weighted by Gasteiger charge is -2.46. The monoisotopic (exact) mass is 438 g/mol. The van der Waals surface area contributed by atoms with Crippen molar-refractivity contribution >= 4 is 5.97 Å². The van der Waals surface area contributed by atoms with Crippen molar-refractivity contribution in [3.63, 3.8) is 0 Å². The zero-order valence-electron chi connectivity index (χ0n) is 16.1. The molecule has 3 rings (SSSR count). The van der Waals surface area contributed by atoms with Gasteiger partial charge in [0.2, 0.25) is 6.29 Å². The lowest BCUT2D eigenvalue weighted by molar-refractivity contribution is -0.352. The summed E-state index contributed by atoms with van der Waals surface area (Å²) >= 11 is 0. The van der Waals surface area contributed by atoms with Crippen LogP contribution in [0.2, 0.25) is 0 Å². The van der Waals surface area contributed by atoms with Crippen molar-refractivity contribution in [2.24, 2.45) is 5.92 Å². The molecule has 1 aliphatic carbocycles. The second-order valence-corrected chi connectivity index (χ2v) is 7.78. The van der Waals surface area contributed by atoms with Crippen LogP contribution in [0.5, 0.6) is 0 Å². The van der Waals surface area contributed by atoms with Crippen LogP contribution in [0.4, 0.5) is 0 Å². The normalized spacial score (nSPS) is 51.0. The highest BCUT2D eigenvalue weighted by atomic mass is 16.8. The van der Waals surface area contributed by atoms with Gasteiger partial charge in [-0.3, -0.25) is 0 Å². The van der Waals surface area contributed by atoms with Crippen LogP contribution in [0, 0.1) is 5.92 Å². The molecule has 13 nitrogen and oxygen atoms in total. The Balaban J connectivity index is 1.96. The Labute approximate surface area is 170 Å². The van der Waals surface area contributed by atoms with Gasteiger partial charge in [0, 0.05) is 0 Å². The second-order valence-electron chi connectivity index (χ2n) is 7.78. The maximum Gasteiger partial charge on any atom is 0.339 e. The molecule has 0 aromatic carbocycles. The van der Waals surface area contributed by atoms with E-state index in [0.29, 0.717) is 6.26 Å². The number of aliphatic hydroxyl groups is 8. The molecule has 5 unspecified atom stereocenters. The molecule has 0 aromatic rings. The third-order valence-corrected chi connectivity index (χ3v) is 6.00. The lowest BCUT2D eigenvalue weighted by Crippen LogP contribution is -2.63. The minimum atomic E-state index is -2.58. The fourth-order valence-electron chi connectivity index (χ4n) is 4.24. The van der Waals surface area contributed by atoms with Crippen LogP contribution in [0.3, 0.4) is 0 Å². The van der Waals surface area contributed by atoms with Gasteiger partial charge in [-0.1, -0.05) is 0 Å². The van der Waals surface area contributed by atoms with Crippen LogP contribution in [0.15, 0.2) is 11.8 Å². The first kappa shape index (κ1) is 23.3. The fraction of sp³-hybridized carbons (Fsp3) is 0.824. The number of esters is 1. The first-order valence-corrected chi connectivity index (χ1v) is 9.14. The molecule has 13 heteroatoms. The van der Waals surface area contributed by atoms with Gasteiger partial charge in [0.15, 0.2) is 6.29 Å². The van der Waals surface area contributed by atoms with E-state index in [2.05, 4.69) is 4.74 Å². The average Bonchev–Trinajstić information content (AvgIpc) is 2.85. The summed E-state index contributed by atoms with van der Waals surface area (Å²) in [5.41, 5.74) is -5.43. The summed E-state index contributed by atoms with van der Waals surface area (Å²) in [6.45, 7) is 0.335. The van der Waals surface area contributed by atoms with Crippen LogP contribution >= 0.6 is 0 Å².